The maximum atomic E-state index is 11.2. The Morgan fingerprint density at radius 1 is 1.32 bits per heavy atom. The first-order valence-corrected chi connectivity index (χ1v) is 6.82. The number of amides is 1. The predicted molar refractivity (Wildman–Crippen MR) is 78.3 cm³/mol. The number of carbonyl (C=O) groups is 1. The van der Waals surface area contributed by atoms with E-state index in [1.807, 2.05) is 0 Å². The fraction of sp³-hybridized carbons (Fsp3) is 0.562. The summed E-state index contributed by atoms with van der Waals surface area (Å²) in [6.07, 6.45) is 1.01. The first-order valence-electron chi connectivity index (χ1n) is 6.82. The molecule has 0 fully saturated rings. The van der Waals surface area contributed by atoms with Crippen LogP contribution in [0.2, 0.25) is 0 Å². The molecule has 0 bridgehead atoms. The highest BCUT2D eigenvalue weighted by Gasteiger charge is 2.14. The van der Waals surface area contributed by atoms with Gasteiger partial charge >= 0.3 is 0 Å². The fourth-order valence-corrected chi connectivity index (χ4v) is 1.97. The Kier molecular flexibility index (Phi) is 5.55. The van der Waals surface area contributed by atoms with Gasteiger partial charge in [-0.05, 0) is 35.4 Å². The summed E-state index contributed by atoms with van der Waals surface area (Å²) >= 11 is 0. The molecule has 19 heavy (non-hydrogen) atoms. The Hall–Kier alpha value is -1.35. The molecule has 0 heterocycles. The molecule has 0 unspecified atom stereocenters. The number of aliphatic hydroxyl groups excluding tert-OH is 1. The average Bonchev–Trinajstić information content (AvgIpc) is 2.30. The van der Waals surface area contributed by atoms with Crippen LogP contribution in [0.25, 0.3) is 0 Å². The quantitative estimate of drug-likeness (QED) is 0.856. The molecule has 2 N–H and O–H groups in total. The van der Waals surface area contributed by atoms with Crippen molar-refractivity contribution in [3.8, 4) is 0 Å². The Morgan fingerprint density at radius 3 is 2.53 bits per heavy atom. The van der Waals surface area contributed by atoms with Crippen LogP contribution >= 0.6 is 0 Å². The van der Waals surface area contributed by atoms with Gasteiger partial charge in [0.25, 0.3) is 0 Å². The highest BCUT2D eigenvalue weighted by Crippen LogP contribution is 2.24. The van der Waals surface area contributed by atoms with Crippen LogP contribution in [0.4, 0.5) is 0 Å². The molecule has 0 atom stereocenters. The number of aliphatic hydroxyl groups is 1. The molecule has 0 radical (unpaired) electrons. The predicted octanol–water partition coefficient (Wildman–Crippen LogP) is 2.33. The summed E-state index contributed by atoms with van der Waals surface area (Å²) < 4.78 is 0. The Morgan fingerprint density at radius 2 is 2.00 bits per heavy atom. The molecule has 1 aromatic carbocycles. The molecule has 1 amide bonds. The molecule has 0 aromatic heterocycles. The van der Waals surface area contributed by atoms with Crippen molar-refractivity contribution >= 4 is 5.91 Å². The molecule has 0 spiro atoms. The van der Waals surface area contributed by atoms with Crippen molar-refractivity contribution in [2.24, 2.45) is 0 Å². The third-order valence-electron chi connectivity index (χ3n) is 3.26. The molecule has 106 valence electrons. The Bertz CT molecular complexity index is 433. The minimum atomic E-state index is -0.0921. The van der Waals surface area contributed by atoms with Gasteiger partial charge in [0.05, 0.1) is 6.61 Å². The largest absolute Gasteiger partial charge is 0.396 e. The fourth-order valence-electron chi connectivity index (χ4n) is 1.97. The summed E-state index contributed by atoms with van der Waals surface area (Å²) in [5.41, 5.74) is 4.03. The first kappa shape index (κ1) is 15.7. The van der Waals surface area contributed by atoms with Crippen molar-refractivity contribution in [3.05, 3.63) is 34.9 Å². The molecule has 0 aliphatic carbocycles. The van der Waals surface area contributed by atoms with Crippen LogP contribution in [0.15, 0.2) is 18.2 Å². The number of hydrogen-bond acceptors (Lipinski definition) is 2. The van der Waals surface area contributed by atoms with Crippen LogP contribution < -0.4 is 5.32 Å². The van der Waals surface area contributed by atoms with Crippen LogP contribution in [-0.2, 0) is 16.6 Å². The van der Waals surface area contributed by atoms with E-state index in [4.69, 9.17) is 5.11 Å². The molecule has 0 saturated heterocycles. The van der Waals surface area contributed by atoms with Gasteiger partial charge in [0.2, 0.25) is 5.91 Å². The zero-order valence-electron chi connectivity index (χ0n) is 12.4. The summed E-state index contributed by atoms with van der Waals surface area (Å²) in [4.78, 5) is 11.2. The summed E-state index contributed by atoms with van der Waals surface area (Å²) in [5.74, 6) is -0.0912. The molecule has 0 aliphatic heterocycles. The second kappa shape index (κ2) is 6.71. The zero-order valence-corrected chi connectivity index (χ0v) is 12.4. The van der Waals surface area contributed by atoms with Gasteiger partial charge in [-0.1, -0.05) is 39.0 Å². The average molecular weight is 263 g/mol. The lowest BCUT2D eigenvalue weighted by Gasteiger charge is -2.20. The van der Waals surface area contributed by atoms with Crippen molar-refractivity contribution in [2.75, 3.05) is 13.2 Å². The lowest BCUT2D eigenvalue weighted by molar-refractivity contribution is -0.121. The third-order valence-corrected chi connectivity index (χ3v) is 3.26. The normalized spacial score (nSPS) is 11.4. The van der Waals surface area contributed by atoms with Gasteiger partial charge in [0.15, 0.2) is 0 Å². The molecule has 3 heteroatoms. The van der Waals surface area contributed by atoms with Crippen molar-refractivity contribution in [1.29, 1.82) is 0 Å². The van der Waals surface area contributed by atoms with Crippen LogP contribution in [0.3, 0.4) is 0 Å². The maximum absolute atomic E-state index is 11.2. The monoisotopic (exact) mass is 263 g/mol. The molecular weight excluding hydrogens is 238 g/mol. The van der Waals surface area contributed by atoms with E-state index in [9.17, 15) is 4.79 Å². The minimum Gasteiger partial charge on any atom is -0.396 e. The lowest BCUT2D eigenvalue weighted by Crippen LogP contribution is -2.26. The van der Waals surface area contributed by atoms with E-state index >= 15 is 0 Å². The van der Waals surface area contributed by atoms with Crippen molar-refractivity contribution in [2.45, 2.75) is 46.0 Å². The summed E-state index contributed by atoms with van der Waals surface area (Å²) in [5, 5.41) is 11.4. The second-order valence-electron chi connectivity index (χ2n) is 5.96. The topological polar surface area (TPSA) is 49.3 Å². The Labute approximate surface area is 116 Å². The van der Waals surface area contributed by atoms with Crippen molar-refractivity contribution in [3.63, 3.8) is 0 Å². The molecule has 1 aromatic rings. The van der Waals surface area contributed by atoms with Crippen LogP contribution in [0.1, 0.15) is 43.9 Å². The van der Waals surface area contributed by atoms with E-state index in [1.165, 1.54) is 16.7 Å². The Balaban J connectivity index is 2.58. The summed E-state index contributed by atoms with van der Waals surface area (Å²) in [6, 6.07) is 6.54. The molecule has 0 saturated carbocycles. The van der Waals surface area contributed by atoms with E-state index < -0.39 is 0 Å². The van der Waals surface area contributed by atoms with Gasteiger partial charge in [0.1, 0.15) is 0 Å². The number of nitrogens with one attached hydrogen (secondary N) is 1. The first-order chi connectivity index (χ1) is 8.84. The highest BCUT2D eigenvalue weighted by atomic mass is 16.3. The van der Waals surface area contributed by atoms with Crippen molar-refractivity contribution < 1.29 is 9.90 Å². The number of benzene rings is 1. The second-order valence-corrected chi connectivity index (χ2v) is 5.96. The van der Waals surface area contributed by atoms with Gasteiger partial charge in [-0.2, -0.15) is 0 Å². The SMILES string of the molecule is Cc1cc(C(C)(C)C)ccc1CCNC(=O)CCO. The zero-order chi connectivity index (χ0) is 14.5. The van der Waals surface area contributed by atoms with Crippen LogP contribution in [0.5, 0.6) is 0 Å². The van der Waals surface area contributed by atoms with Crippen LogP contribution in [0, 0.1) is 6.92 Å². The number of rotatable bonds is 5. The number of hydrogen-bond donors (Lipinski definition) is 2. The van der Waals surface area contributed by atoms with E-state index in [1.54, 1.807) is 0 Å². The van der Waals surface area contributed by atoms with E-state index in [2.05, 4.69) is 51.2 Å². The van der Waals surface area contributed by atoms with Crippen molar-refractivity contribution in [1.82, 2.24) is 5.32 Å². The number of aryl methyl sites for hydroxylation is 1. The number of carbonyl (C=O) groups excluding carboxylic acids is 1. The smallest absolute Gasteiger partial charge is 0.222 e. The van der Waals surface area contributed by atoms with Gasteiger partial charge in [-0.15, -0.1) is 0 Å². The van der Waals surface area contributed by atoms with E-state index in [0.29, 0.717) is 6.54 Å². The van der Waals surface area contributed by atoms with E-state index in [-0.39, 0.29) is 24.3 Å². The summed E-state index contributed by atoms with van der Waals surface area (Å²) in [7, 11) is 0. The van der Waals surface area contributed by atoms with Gasteiger partial charge in [-0.25, -0.2) is 0 Å². The highest BCUT2D eigenvalue weighted by molar-refractivity contribution is 5.75. The standard InChI is InChI=1S/C16H25NO2/c1-12-11-14(16(2,3)4)6-5-13(12)7-9-17-15(19)8-10-18/h5-6,11,18H,7-10H2,1-4H3,(H,17,19). The molecule has 3 nitrogen and oxygen atoms in total. The van der Waals surface area contributed by atoms with Gasteiger partial charge in [0, 0.05) is 13.0 Å². The molecule has 0 aliphatic rings. The summed E-state index contributed by atoms with van der Waals surface area (Å²) in [6.45, 7) is 9.25. The van der Waals surface area contributed by atoms with Gasteiger partial charge < -0.3 is 10.4 Å². The van der Waals surface area contributed by atoms with Gasteiger partial charge in [-0.3, -0.25) is 4.79 Å². The molecular formula is C16H25NO2. The lowest BCUT2D eigenvalue weighted by atomic mass is 9.85. The van der Waals surface area contributed by atoms with E-state index in [0.717, 1.165) is 6.42 Å². The third kappa shape index (κ3) is 5.03. The minimum absolute atomic E-state index is 0.0912. The maximum Gasteiger partial charge on any atom is 0.222 e. The van der Waals surface area contributed by atoms with Crippen LogP contribution in [-0.4, -0.2) is 24.2 Å². The molecule has 1 rings (SSSR count).